The number of hydrogen-bond donors (Lipinski definition) is 1. The van der Waals surface area contributed by atoms with Gasteiger partial charge in [0.15, 0.2) is 5.65 Å². The predicted molar refractivity (Wildman–Crippen MR) is 152 cm³/mol. The zero-order valence-corrected chi connectivity index (χ0v) is 23.7. The molecule has 11 nitrogen and oxygen atoms in total. The number of morpholine rings is 1. The molecule has 3 fully saturated rings. The summed E-state index contributed by atoms with van der Waals surface area (Å²) in [7, 11) is 0. The molecule has 0 aromatic carbocycles. The van der Waals surface area contributed by atoms with E-state index in [1.807, 2.05) is 6.21 Å². The Kier molecular flexibility index (Phi) is 6.74. The summed E-state index contributed by atoms with van der Waals surface area (Å²) in [6.45, 7) is 6.14. The van der Waals surface area contributed by atoms with Gasteiger partial charge in [-0.1, -0.05) is 36.5 Å². The van der Waals surface area contributed by atoms with Crippen molar-refractivity contribution in [3.63, 3.8) is 0 Å². The van der Waals surface area contributed by atoms with Crippen molar-refractivity contribution in [3.05, 3.63) is 27.5 Å². The molecule has 3 aromatic heterocycles. The molecule has 0 spiro atoms. The van der Waals surface area contributed by atoms with E-state index in [-0.39, 0.29) is 29.7 Å². The van der Waals surface area contributed by atoms with Crippen molar-refractivity contribution in [2.45, 2.75) is 89.3 Å². The number of fused-ring (bicyclic) bond motifs is 2. The van der Waals surface area contributed by atoms with Gasteiger partial charge in [-0.15, -0.1) is 0 Å². The second-order valence-corrected chi connectivity index (χ2v) is 12.4. The van der Waals surface area contributed by atoms with Crippen LogP contribution in [0.5, 0.6) is 0 Å². The summed E-state index contributed by atoms with van der Waals surface area (Å²) in [6.07, 6.45) is 12.5. The zero-order valence-electron chi connectivity index (χ0n) is 22.9. The van der Waals surface area contributed by atoms with Gasteiger partial charge in [0.1, 0.15) is 5.52 Å². The van der Waals surface area contributed by atoms with Crippen LogP contribution in [0.25, 0.3) is 22.8 Å². The molecule has 0 bridgehead atoms. The van der Waals surface area contributed by atoms with E-state index < -0.39 is 5.76 Å². The summed E-state index contributed by atoms with van der Waals surface area (Å²) in [5, 5.41) is 4.54. The second-order valence-electron chi connectivity index (χ2n) is 11.9. The topological polar surface area (TPSA) is 127 Å². The first kappa shape index (κ1) is 25.9. The largest absolute Gasteiger partial charge is 0.439 e. The number of aliphatic imine (C=N–C) groups is 1. The lowest BCUT2D eigenvalue weighted by atomic mass is 9.79. The molecule has 0 radical (unpaired) electrons. The minimum absolute atomic E-state index is 0.175. The third-order valence-corrected chi connectivity index (χ3v) is 9.59. The van der Waals surface area contributed by atoms with E-state index in [1.165, 1.54) is 25.7 Å². The summed E-state index contributed by atoms with van der Waals surface area (Å²) in [6, 6.07) is 0.487. The van der Waals surface area contributed by atoms with Crippen LogP contribution in [0.1, 0.15) is 82.9 Å². The maximum atomic E-state index is 11.8. The molecule has 3 aromatic rings. The van der Waals surface area contributed by atoms with E-state index in [9.17, 15) is 4.79 Å². The van der Waals surface area contributed by atoms with E-state index >= 15 is 0 Å². The van der Waals surface area contributed by atoms with Gasteiger partial charge in [-0.05, 0) is 57.3 Å². The Morgan fingerprint density at radius 1 is 1.12 bits per heavy atom. The highest BCUT2D eigenvalue weighted by Crippen LogP contribution is 2.43. The third-order valence-electron chi connectivity index (χ3n) is 9.34. The second kappa shape index (κ2) is 10.4. The minimum Gasteiger partial charge on any atom is -0.374 e. The van der Waals surface area contributed by atoms with E-state index in [0.717, 1.165) is 48.9 Å². The van der Waals surface area contributed by atoms with Crippen LogP contribution in [0.15, 0.2) is 25.5 Å². The molecule has 4 aliphatic rings. The van der Waals surface area contributed by atoms with E-state index in [2.05, 4.69) is 38.4 Å². The quantitative estimate of drug-likeness (QED) is 0.459. The molecule has 1 saturated heterocycles. The van der Waals surface area contributed by atoms with Crippen molar-refractivity contribution in [1.29, 1.82) is 0 Å². The van der Waals surface area contributed by atoms with Crippen LogP contribution in [0.2, 0.25) is 0 Å². The van der Waals surface area contributed by atoms with Crippen LogP contribution in [-0.2, 0) is 4.74 Å². The van der Waals surface area contributed by atoms with Crippen LogP contribution < -0.4 is 10.7 Å². The fourth-order valence-corrected chi connectivity index (χ4v) is 7.38. The number of imidazole rings is 1. The van der Waals surface area contributed by atoms with E-state index in [4.69, 9.17) is 35.8 Å². The Labute approximate surface area is 237 Å². The highest BCUT2D eigenvalue weighted by atomic mass is 35.5. The first-order chi connectivity index (χ1) is 19.5. The average Bonchev–Trinajstić information content (AvgIpc) is 3.70. The Balaban J connectivity index is 1.44. The molecule has 4 unspecified atom stereocenters. The Morgan fingerprint density at radius 3 is 2.75 bits per heavy atom. The maximum Gasteiger partial charge on any atom is 0.439 e. The van der Waals surface area contributed by atoms with Crippen LogP contribution in [0, 0.1) is 11.8 Å². The number of nitrogens with zero attached hydrogens (tertiary/aromatic N) is 7. The van der Waals surface area contributed by atoms with Gasteiger partial charge >= 0.3 is 5.76 Å². The highest BCUT2D eigenvalue weighted by molar-refractivity contribution is 6.29. The van der Waals surface area contributed by atoms with Crippen molar-refractivity contribution >= 4 is 34.9 Å². The van der Waals surface area contributed by atoms with Crippen molar-refractivity contribution in [2.75, 3.05) is 18.1 Å². The molecule has 4 atom stereocenters. The summed E-state index contributed by atoms with van der Waals surface area (Å²) < 4.78 is 13.4. The fourth-order valence-electron chi connectivity index (χ4n) is 7.16. The standard InChI is InChI=1S/C28H35ClN8O3/c1-15-6-8-17(9-7-15)16(2)37-23-22(18-12-19(29)14-30-13-18)31-25(26-34-28(38)40-35-26)32-24(23)33-27(37)36-10-11-39-21-5-3-4-20(21)36/h13-18,20-21H,3-12H2,1-2H3,(H,34,35,38)/t15-,16?,17-,18?,20?,21?. The number of ether oxygens (including phenoxy) is 1. The molecule has 1 N–H and O–H groups in total. The van der Waals surface area contributed by atoms with Crippen molar-refractivity contribution in [2.24, 2.45) is 16.8 Å². The molecule has 0 amide bonds. The predicted octanol–water partition coefficient (Wildman–Crippen LogP) is 4.95. The van der Waals surface area contributed by atoms with Crippen LogP contribution in [0.3, 0.4) is 0 Å². The number of anilines is 1. The first-order valence-corrected chi connectivity index (χ1v) is 15.0. The van der Waals surface area contributed by atoms with Gasteiger partial charge in [0.25, 0.3) is 0 Å². The summed E-state index contributed by atoms with van der Waals surface area (Å²) in [5.74, 6) is 1.83. The Hall–Kier alpha value is -3.05. The lowest BCUT2D eigenvalue weighted by Crippen LogP contribution is -2.50. The zero-order chi connectivity index (χ0) is 27.4. The van der Waals surface area contributed by atoms with Gasteiger partial charge in [-0.2, -0.15) is 4.98 Å². The van der Waals surface area contributed by atoms with Crippen LogP contribution >= 0.6 is 11.6 Å². The van der Waals surface area contributed by atoms with Crippen molar-refractivity contribution in [3.8, 4) is 11.6 Å². The number of halogens is 1. The molecule has 40 heavy (non-hydrogen) atoms. The first-order valence-electron chi connectivity index (χ1n) is 14.6. The minimum atomic E-state index is -0.655. The number of rotatable bonds is 5. The summed E-state index contributed by atoms with van der Waals surface area (Å²) in [4.78, 5) is 36.3. The van der Waals surface area contributed by atoms with Gasteiger partial charge in [0.05, 0.1) is 24.4 Å². The van der Waals surface area contributed by atoms with Gasteiger partial charge in [-0.3, -0.25) is 14.5 Å². The molecule has 2 aliphatic carbocycles. The number of allylic oxidation sites excluding steroid dienone is 1. The molecule has 12 heteroatoms. The number of hydrogen-bond acceptors (Lipinski definition) is 9. The number of H-pyrrole nitrogens is 1. The molecule has 2 saturated carbocycles. The Morgan fingerprint density at radius 2 is 1.98 bits per heavy atom. The Bertz CT molecular complexity index is 1520. The van der Waals surface area contributed by atoms with Crippen molar-refractivity contribution < 1.29 is 9.26 Å². The van der Waals surface area contributed by atoms with Gasteiger partial charge in [0, 0.05) is 36.0 Å². The fraction of sp³-hybridized carbons (Fsp3) is 0.643. The smallest absolute Gasteiger partial charge is 0.374 e. The van der Waals surface area contributed by atoms with Crippen LogP contribution in [0.4, 0.5) is 5.95 Å². The third kappa shape index (κ3) is 4.56. The summed E-state index contributed by atoms with van der Waals surface area (Å²) >= 11 is 6.48. The normalized spacial score (nSPS) is 29.5. The maximum absolute atomic E-state index is 11.8. The highest BCUT2D eigenvalue weighted by Gasteiger charge is 2.40. The molecule has 212 valence electrons. The lowest BCUT2D eigenvalue weighted by molar-refractivity contribution is 0.0245. The number of aromatic amines is 1. The van der Waals surface area contributed by atoms with Gasteiger partial charge in [0.2, 0.25) is 17.6 Å². The van der Waals surface area contributed by atoms with Crippen LogP contribution in [-0.4, -0.2) is 61.2 Å². The number of nitrogens with one attached hydrogen (secondary N) is 1. The average molecular weight is 567 g/mol. The van der Waals surface area contributed by atoms with Gasteiger partial charge < -0.3 is 14.2 Å². The molecule has 2 aliphatic heterocycles. The molecule has 7 rings (SSSR count). The van der Waals surface area contributed by atoms with Gasteiger partial charge in [-0.25, -0.2) is 14.8 Å². The van der Waals surface area contributed by atoms with E-state index in [1.54, 1.807) is 6.20 Å². The lowest BCUT2D eigenvalue weighted by Gasteiger charge is -2.40. The van der Waals surface area contributed by atoms with E-state index in [0.29, 0.717) is 35.7 Å². The molecular formula is C28H35ClN8O3. The SMILES string of the molecule is CC([C@H]1CC[C@H](C)CC1)n1c(N2CCOC3CCCC32)nc2nc(-c3noc(=O)[nH]3)nc(C3C=NC=C(Cl)C3)c21. The molecule has 5 heterocycles. The summed E-state index contributed by atoms with van der Waals surface area (Å²) in [5.41, 5.74) is 2.26. The van der Waals surface area contributed by atoms with Crippen molar-refractivity contribution in [1.82, 2.24) is 29.7 Å². The monoisotopic (exact) mass is 566 g/mol. The number of aromatic nitrogens is 6. The molecular weight excluding hydrogens is 532 g/mol.